The first-order valence-corrected chi connectivity index (χ1v) is 9.90. The average Bonchev–Trinajstić information content (AvgIpc) is 3.42. The number of imidazole rings is 1. The van der Waals surface area contributed by atoms with Crippen LogP contribution in [-0.2, 0) is 0 Å². The number of guanidine groups is 1. The summed E-state index contributed by atoms with van der Waals surface area (Å²) in [6.45, 7) is 0. The van der Waals surface area contributed by atoms with Crippen molar-refractivity contribution in [3.63, 3.8) is 0 Å². The van der Waals surface area contributed by atoms with Crippen molar-refractivity contribution in [3.8, 4) is 16.9 Å². The summed E-state index contributed by atoms with van der Waals surface area (Å²) in [7, 11) is 0. The first kappa shape index (κ1) is 17.4. The van der Waals surface area contributed by atoms with E-state index in [2.05, 4.69) is 14.9 Å². The predicted octanol–water partition coefficient (Wildman–Crippen LogP) is 3.57. The fourth-order valence-electron chi connectivity index (χ4n) is 3.95. The highest BCUT2D eigenvalue weighted by Gasteiger charge is 2.29. The minimum absolute atomic E-state index is 0.320. The molecule has 0 saturated heterocycles. The fourth-order valence-corrected chi connectivity index (χ4v) is 3.95. The molecule has 2 aromatic carbocycles. The molecule has 3 N–H and O–H groups in total. The average molecular weight is 406 g/mol. The highest BCUT2D eigenvalue weighted by Crippen LogP contribution is 2.37. The van der Waals surface area contributed by atoms with Crippen molar-refractivity contribution in [2.45, 2.75) is 6.17 Å². The van der Waals surface area contributed by atoms with Crippen molar-refractivity contribution >= 4 is 22.9 Å². The van der Waals surface area contributed by atoms with Gasteiger partial charge in [-0.15, -0.1) is 0 Å². The number of nitrogens with zero attached hydrogens (tertiary/aromatic N) is 6. The van der Waals surface area contributed by atoms with E-state index in [1.807, 2.05) is 77.6 Å². The molecule has 0 aliphatic carbocycles. The van der Waals surface area contributed by atoms with Crippen molar-refractivity contribution in [2.75, 3.05) is 5.32 Å². The normalized spacial score (nSPS) is 15.4. The van der Waals surface area contributed by atoms with Crippen LogP contribution in [0.2, 0.25) is 0 Å². The third kappa shape index (κ3) is 2.84. The molecule has 1 atom stereocenters. The molecule has 0 bridgehead atoms. The summed E-state index contributed by atoms with van der Waals surface area (Å²) < 4.78 is 3.93. The van der Waals surface area contributed by atoms with Crippen LogP contribution in [0.1, 0.15) is 11.7 Å². The summed E-state index contributed by atoms with van der Waals surface area (Å²) in [5, 5.41) is 8.00. The van der Waals surface area contributed by atoms with E-state index in [1.165, 1.54) is 0 Å². The number of nitrogens with two attached hydrogens (primary N) is 1. The van der Waals surface area contributed by atoms with Crippen LogP contribution < -0.4 is 11.1 Å². The minimum atomic E-state index is -0.413. The number of aromatic nitrogens is 5. The zero-order valence-corrected chi connectivity index (χ0v) is 16.4. The van der Waals surface area contributed by atoms with Gasteiger partial charge in [0.25, 0.3) is 0 Å². The molecule has 150 valence electrons. The summed E-state index contributed by atoms with van der Waals surface area (Å²) in [5.74, 6) is 0.979. The minimum Gasteiger partial charge on any atom is -0.370 e. The zero-order valence-electron chi connectivity index (χ0n) is 16.4. The lowest BCUT2D eigenvalue weighted by molar-refractivity contribution is 0.627. The van der Waals surface area contributed by atoms with Gasteiger partial charge in [0, 0.05) is 29.7 Å². The van der Waals surface area contributed by atoms with E-state index in [0.29, 0.717) is 11.9 Å². The van der Waals surface area contributed by atoms with Gasteiger partial charge in [-0.1, -0.05) is 30.3 Å². The van der Waals surface area contributed by atoms with Crippen LogP contribution in [-0.4, -0.2) is 30.3 Å². The van der Waals surface area contributed by atoms with Gasteiger partial charge in [-0.25, -0.2) is 14.7 Å². The molecule has 0 amide bonds. The second-order valence-corrected chi connectivity index (χ2v) is 7.26. The Labute approximate surface area is 177 Å². The van der Waals surface area contributed by atoms with E-state index in [1.54, 1.807) is 12.4 Å². The first-order chi connectivity index (χ1) is 15.3. The summed E-state index contributed by atoms with van der Waals surface area (Å²) in [4.78, 5) is 13.6. The predicted molar refractivity (Wildman–Crippen MR) is 120 cm³/mol. The van der Waals surface area contributed by atoms with E-state index in [0.717, 1.165) is 33.5 Å². The first-order valence-electron chi connectivity index (χ1n) is 9.90. The van der Waals surface area contributed by atoms with Gasteiger partial charge in [0.2, 0.25) is 5.95 Å². The van der Waals surface area contributed by atoms with Gasteiger partial charge < -0.3 is 5.73 Å². The molecule has 0 fully saturated rings. The van der Waals surface area contributed by atoms with Gasteiger partial charge in [0.1, 0.15) is 5.69 Å². The molecule has 6 rings (SSSR count). The molecule has 8 nitrogen and oxygen atoms in total. The van der Waals surface area contributed by atoms with E-state index in [4.69, 9.17) is 20.8 Å². The van der Waals surface area contributed by atoms with E-state index < -0.39 is 6.17 Å². The smallest absolute Gasteiger partial charge is 0.212 e. The summed E-state index contributed by atoms with van der Waals surface area (Å²) in [6.07, 6.45) is 5.12. The molecule has 0 saturated carbocycles. The molecule has 0 spiro atoms. The molecule has 0 radical (unpaired) electrons. The molecule has 5 aromatic rings. The van der Waals surface area contributed by atoms with E-state index >= 15 is 0 Å². The van der Waals surface area contributed by atoms with Crippen LogP contribution in [0, 0.1) is 0 Å². The number of rotatable bonds is 3. The molecule has 1 aliphatic heterocycles. The van der Waals surface area contributed by atoms with Crippen molar-refractivity contribution < 1.29 is 0 Å². The quantitative estimate of drug-likeness (QED) is 0.477. The highest BCUT2D eigenvalue weighted by atomic mass is 15.4. The summed E-state index contributed by atoms with van der Waals surface area (Å²) >= 11 is 0. The fraction of sp³-hybridized carbons (Fsp3) is 0.0435. The van der Waals surface area contributed by atoms with Gasteiger partial charge in [-0.05, 0) is 36.4 Å². The van der Waals surface area contributed by atoms with Crippen LogP contribution in [0.5, 0.6) is 0 Å². The molecule has 31 heavy (non-hydrogen) atoms. The number of pyridine rings is 1. The molecule has 3 aromatic heterocycles. The lowest BCUT2D eigenvalue weighted by Gasteiger charge is -2.23. The Morgan fingerprint density at radius 1 is 0.903 bits per heavy atom. The van der Waals surface area contributed by atoms with Crippen LogP contribution in [0.25, 0.3) is 28.0 Å². The maximum atomic E-state index is 6.15. The number of hydrogen-bond donors (Lipinski definition) is 2. The van der Waals surface area contributed by atoms with Crippen LogP contribution >= 0.6 is 0 Å². The molecule has 4 heterocycles. The largest absolute Gasteiger partial charge is 0.370 e. The van der Waals surface area contributed by atoms with E-state index in [-0.39, 0.29) is 0 Å². The van der Waals surface area contributed by atoms with Crippen LogP contribution in [0.4, 0.5) is 5.95 Å². The summed E-state index contributed by atoms with van der Waals surface area (Å²) in [6, 6.07) is 21.9. The number of fused-ring (bicyclic) bond motifs is 3. The third-order valence-electron chi connectivity index (χ3n) is 5.34. The number of aliphatic imine (C=N–C) groups is 1. The van der Waals surface area contributed by atoms with E-state index in [9.17, 15) is 0 Å². The van der Waals surface area contributed by atoms with Crippen molar-refractivity contribution in [2.24, 2.45) is 10.7 Å². The third-order valence-corrected chi connectivity index (χ3v) is 5.34. The Hall–Kier alpha value is -4.46. The second kappa shape index (κ2) is 6.81. The second-order valence-electron chi connectivity index (χ2n) is 7.26. The molecule has 0 unspecified atom stereocenters. The van der Waals surface area contributed by atoms with Crippen molar-refractivity contribution in [1.29, 1.82) is 0 Å². The number of hydrogen-bond acceptors (Lipinski definition) is 6. The monoisotopic (exact) mass is 406 g/mol. The number of benzene rings is 2. The van der Waals surface area contributed by atoms with Crippen molar-refractivity contribution in [3.05, 3.63) is 90.9 Å². The highest BCUT2D eigenvalue weighted by molar-refractivity contribution is 5.95. The van der Waals surface area contributed by atoms with Gasteiger partial charge in [0.15, 0.2) is 12.1 Å². The van der Waals surface area contributed by atoms with Crippen LogP contribution in [0.15, 0.2) is 90.3 Å². The number of nitrogens with one attached hydrogen (secondary N) is 1. The topological polar surface area (TPSA) is 98.9 Å². The Balaban J connectivity index is 1.61. The Morgan fingerprint density at radius 3 is 2.52 bits per heavy atom. The lowest BCUT2D eigenvalue weighted by Crippen LogP contribution is -2.31. The zero-order chi connectivity index (χ0) is 20.8. The van der Waals surface area contributed by atoms with Crippen LogP contribution in [0.3, 0.4) is 0 Å². The SMILES string of the molecule is NC1=N[C@H](c2cn(-c3ccccc3)nc2-c2ccncc2)n2c(nc3ccccc32)N1. The van der Waals surface area contributed by atoms with Gasteiger partial charge in [0.05, 0.1) is 16.7 Å². The Kier molecular flexibility index (Phi) is 3.82. The Bertz CT molecular complexity index is 1420. The maximum Gasteiger partial charge on any atom is 0.212 e. The van der Waals surface area contributed by atoms with Gasteiger partial charge in [-0.2, -0.15) is 5.10 Å². The van der Waals surface area contributed by atoms with Gasteiger partial charge in [-0.3, -0.25) is 14.9 Å². The standard InChI is InChI=1S/C23H18N8/c24-22-27-21(31-19-9-5-4-8-18(19)26-23(31)28-22)17-14-30(16-6-2-1-3-7-16)29-20(17)15-10-12-25-13-11-15/h1-14,21H,(H3,24,26,27,28)/t21-/m0/s1. The number of anilines is 1. The lowest BCUT2D eigenvalue weighted by atomic mass is 10.1. The van der Waals surface area contributed by atoms with Crippen molar-refractivity contribution in [1.82, 2.24) is 24.3 Å². The molecule has 8 heteroatoms. The van der Waals surface area contributed by atoms with Gasteiger partial charge >= 0.3 is 0 Å². The summed E-state index contributed by atoms with van der Waals surface area (Å²) in [5.41, 5.74) is 11.7. The maximum absolute atomic E-state index is 6.15. The molecule has 1 aliphatic rings. The molecular weight excluding hydrogens is 388 g/mol. The Morgan fingerprint density at radius 2 is 1.68 bits per heavy atom. The number of para-hydroxylation sites is 3. The molecular formula is C23H18N8.